The van der Waals surface area contributed by atoms with Crippen molar-refractivity contribution in [1.29, 1.82) is 5.26 Å². The molecule has 0 bridgehead atoms. The maximum Gasteiger partial charge on any atom is 0.220 e. The third-order valence-corrected chi connectivity index (χ3v) is 5.23. The summed E-state index contributed by atoms with van der Waals surface area (Å²) in [6.45, 7) is 4.66. The number of aromatic nitrogens is 1. The maximum atomic E-state index is 11.5. The highest BCUT2D eigenvalue weighted by atomic mass is 16.1. The second kappa shape index (κ2) is 5.60. The highest BCUT2D eigenvalue weighted by molar-refractivity contribution is 5.77. The fourth-order valence-electron chi connectivity index (χ4n) is 3.90. The summed E-state index contributed by atoms with van der Waals surface area (Å²) in [6, 6.07) is 4.63. The molecule has 5 nitrogen and oxygen atoms in total. The number of amides is 1. The van der Waals surface area contributed by atoms with Crippen molar-refractivity contribution in [2.45, 2.75) is 39.2 Å². The number of aryl methyl sites for hydroxylation is 2. The van der Waals surface area contributed by atoms with E-state index in [4.69, 9.17) is 5.26 Å². The molecule has 1 aromatic heterocycles. The van der Waals surface area contributed by atoms with E-state index in [2.05, 4.69) is 28.3 Å². The standard InChI is InChI=1S/C17H22N4O/c1-10-4-16(20-11(2)15(10)8-18)21(3)14-5-12-7-17(22)19-9-13(12)6-14/h4,12-14H,5-7,9H2,1-3H3,(H,19,22)/t12-,13+,14-/m0/s1. The number of carbonyl (C=O) groups is 1. The Morgan fingerprint density at radius 3 is 2.77 bits per heavy atom. The fraction of sp³-hybridized carbons (Fsp3) is 0.588. The number of fused-ring (bicyclic) bond motifs is 1. The van der Waals surface area contributed by atoms with Crippen LogP contribution in [0.4, 0.5) is 5.82 Å². The normalized spacial score (nSPS) is 27.0. The minimum Gasteiger partial charge on any atom is -0.357 e. The van der Waals surface area contributed by atoms with E-state index in [9.17, 15) is 4.79 Å². The Morgan fingerprint density at radius 1 is 1.36 bits per heavy atom. The highest BCUT2D eigenvalue weighted by Gasteiger charge is 2.40. The van der Waals surface area contributed by atoms with Gasteiger partial charge in [0.1, 0.15) is 11.9 Å². The van der Waals surface area contributed by atoms with Gasteiger partial charge in [-0.2, -0.15) is 5.26 Å². The maximum absolute atomic E-state index is 11.5. The van der Waals surface area contributed by atoms with Crippen LogP contribution in [0.3, 0.4) is 0 Å². The molecule has 1 amide bonds. The van der Waals surface area contributed by atoms with Crippen molar-refractivity contribution in [1.82, 2.24) is 10.3 Å². The molecule has 5 heteroatoms. The smallest absolute Gasteiger partial charge is 0.220 e. The summed E-state index contributed by atoms with van der Waals surface area (Å²) in [6.07, 6.45) is 2.81. The molecule has 0 unspecified atom stereocenters. The van der Waals surface area contributed by atoms with E-state index >= 15 is 0 Å². The van der Waals surface area contributed by atoms with E-state index in [-0.39, 0.29) is 5.91 Å². The SMILES string of the molecule is Cc1cc(N(C)[C@H]2C[C@H]3CC(=O)NC[C@H]3C2)nc(C)c1C#N. The van der Waals surface area contributed by atoms with Crippen LogP contribution in [0.25, 0.3) is 0 Å². The van der Waals surface area contributed by atoms with Crippen LogP contribution in [0.15, 0.2) is 6.07 Å². The molecule has 1 aliphatic heterocycles. The van der Waals surface area contributed by atoms with E-state index in [1.807, 2.05) is 19.9 Å². The van der Waals surface area contributed by atoms with Gasteiger partial charge >= 0.3 is 0 Å². The van der Waals surface area contributed by atoms with Crippen LogP contribution in [0.2, 0.25) is 0 Å². The minimum absolute atomic E-state index is 0.188. The Hall–Kier alpha value is -2.09. The number of hydrogen-bond acceptors (Lipinski definition) is 4. The molecule has 116 valence electrons. The summed E-state index contributed by atoms with van der Waals surface area (Å²) in [5.74, 6) is 2.21. The molecule has 2 aliphatic rings. The molecule has 1 saturated carbocycles. The molecule has 1 aliphatic carbocycles. The van der Waals surface area contributed by atoms with Gasteiger partial charge in [-0.05, 0) is 50.2 Å². The molecular formula is C17H22N4O. The average Bonchev–Trinajstić information content (AvgIpc) is 2.89. The quantitative estimate of drug-likeness (QED) is 0.905. The first-order chi connectivity index (χ1) is 10.5. The molecule has 1 saturated heterocycles. The molecule has 1 N–H and O–H groups in total. The van der Waals surface area contributed by atoms with Gasteiger partial charge in [-0.15, -0.1) is 0 Å². The first-order valence-corrected chi connectivity index (χ1v) is 7.87. The summed E-state index contributed by atoms with van der Waals surface area (Å²) in [5.41, 5.74) is 2.44. The number of nitrogens with zero attached hydrogens (tertiary/aromatic N) is 3. The molecule has 2 heterocycles. The van der Waals surface area contributed by atoms with Gasteiger partial charge in [0.25, 0.3) is 0 Å². The number of hydrogen-bond donors (Lipinski definition) is 1. The van der Waals surface area contributed by atoms with Crippen LogP contribution in [0, 0.1) is 37.0 Å². The molecule has 3 atom stereocenters. The van der Waals surface area contributed by atoms with Gasteiger partial charge in [-0.1, -0.05) is 0 Å². The van der Waals surface area contributed by atoms with Crippen molar-refractivity contribution in [2.24, 2.45) is 11.8 Å². The van der Waals surface area contributed by atoms with Crippen molar-refractivity contribution in [3.63, 3.8) is 0 Å². The molecule has 0 aromatic carbocycles. The molecular weight excluding hydrogens is 276 g/mol. The predicted octanol–water partition coefficient (Wildman–Crippen LogP) is 1.92. The molecule has 1 aromatic rings. The largest absolute Gasteiger partial charge is 0.357 e. The Morgan fingerprint density at radius 2 is 2.09 bits per heavy atom. The van der Waals surface area contributed by atoms with Gasteiger partial charge in [0.2, 0.25) is 5.91 Å². The second-order valence-corrected chi connectivity index (χ2v) is 6.63. The summed E-state index contributed by atoms with van der Waals surface area (Å²) in [5, 5.41) is 12.1. The Kier molecular flexibility index (Phi) is 3.78. The van der Waals surface area contributed by atoms with Crippen molar-refractivity contribution in [3.05, 3.63) is 22.9 Å². The number of nitrogens with one attached hydrogen (secondary N) is 1. The van der Waals surface area contributed by atoms with Gasteiger partial charge in [0.15, 0.2) is 0 Å². The highest BCUT2D eigenvalue weighted by Crippen LogP contribution is 2.39. The third kappa shape index (κ3) is 2.54. The van der Waals surface area contributed by atoms with Crippen molar-refractivity contribution >= 4 is 11.7 Å². The van der Waals surface area contributed by atoms with Gasteiger partial charge in [0, 0.05) is 26.1 Å². The number of anilines is 1. The van der Waals surface area contributed by atoms with E-state index in [1.165, 1.54) is 0 Å². The average molecular weight is 298 g/mol. The first kappa shape index (κ1) is 14.8. The summed E-state index contributed by atoms with van der Waals surface area (Å²) in [4.78, 5) is 18.4. The van der Waals surface area contributed by atoms with Crippen LogP contribution < -0.4 is 10.2 Å². The summed E-state index contributed by atoms with van der Waals surface area (Å²) >= 11 is 0. The van der Waals surface area contributed by atoms with Gasteiger partial charge in [0.05, 0.1) is 11.3 Å². The van der Waals surface area contributed by atoms with Crippen molar-refractivity contribution < 1.29 is 4.79 Å². The van der Waals surface area contributed by atoms with E-state index in [0.717, 1.165) is 36.5 Å². The third-order valence-electron chi connectivity index (χ3n) is 5.23. The Labute approximate surface area is 131 Å². The lowest BCUT2D eigenvalue weighted by Gasteiger charge is -2.26. The number of carbonyl (C=O) groups excluding carboxylic acids is 1. The van der Waals surface area contributed by atoms with Gasteiger partial charge in [-0.3, -0.25) is 4.79 Å². The lowest BCUT2D eigenvalue weighted by Crippen LogP contribution is -2.38. The first-order valence-electron chi connectivity index (χ1n) is 7.87. The lowest BCUT2D eigenvalue weighted by molar-refractivity contribution is -0.124. The van der Waals surface area contributed by atoms with Gasteiger partial charge in [-0.25, -0.2) is 4.98 Å². The molecule has 22 heavy (non-hydrogen) atoms. The number of pyridine rings is 1. The van der Waals surface area contributed by atoms with E-state index < -0.39 is 0 Å². The van der Waals surface area contributed by atoms with Crippen molar-refractivity contribution in [2.75, 3.05) is 18.5 Å². The van der Waals surface area contributed by atoms with Crippen LogP contribution in [-0.4, -0.2) is 30.5 Å². The monoisotopic (exact) mass is 298 g/mol. The lowest BCUT2D eigenvalue weighted by atomic mass is 9.89. The molecule has 3 rings (SSSR count). The Balaban J connectivity index is 1.79. The molecule has 0 spiro atoms. The second-order valence-electron chi connectivity index (χ2n) is 6.63. The van der Waals surface area contributed by atoms with E-state index in [1.54, 1.807) is 0 Å². The van der Waals surface area contributed by atoms with Gasteiger partial charge < -0.3 is 10.2 Å². The van der Waals surface area contributed by atoms with Crippen molar-refractivity contribution in [3.8, 4) is 6.07 Å². The summed E-state index contributed by atoms with van der Waals surface area (Å²) in [7, 11) is 2.07. The minimum atomic E-state index is 0.188. The van der Waals surface area contributed by atoms with Crippen LogP contribution in [0.5, 0.6) is 0 Å². The van der Waals surface area contributed by atoms with Crippen LogP contribution in [0.1, 0.15) is 36.1 Å². The summed E-state index contributed by atoms with van der Waals surface area (Å²) < 4.78 is 0. The molecule has 0 radical (unpaired) electrons. The van der Waals surface area contributed by atoms with Crippen LogP contribution in [-0.2, 0) is 4.79 Å². The number of nitriles is 1. The van der Waals surface area contributed by atoms with E-state index in [0.29, 0.717) is 29.9 Å². The Bertz CT molecular complexity index is 626. The zero-order valence-corrected chi connectivity index (χ0v) is 13.4. The fourth-order valence-corrected chi connectivity index (χ4v) is 3.90. The molecule has 2 fully saturated rings. The predicted molar refractivity (Wildman–Crippen MR) is 84.5 cm³/mol. The zero-order valence-electron chi connectivity index (χ0n) is 13.4. The van der Waals surface area contributed by atoms with Crippen LogP contribution >= 0.6 is 0 Å². The zero-order chi connectivity index (χ0) is 15.9. The number of piperidine rings is 1. The number of rotatable bonds is 2. The topological polar surface area (TPSA) is 69.0 Å².